The van der Waals surface area contributed by atoms with E-state index in [0.29, 0.717) is 0 Å². The highest BCUT2D eigenvalue weighted by molar-refractivity contribution is 6.11. The number of furan rings is 1. The maximum Gasteiger partial charge on any atom is 0.256 e. The SMILES string of the molecule is Cc1cc(-c2c3oc4cc(-n5c6ccccc6c6ccccc65)ccc4c3cc[n+]2C)c(C)c(C)c1C. The van der Waals surface area contributed by atoms with Gasteiger partial charge in [-0.15, -0.1) is 0 Å². The van der Waals surface area contributed by atoms with Crippen LogP contribution in [0, 0.1) is 27.7 Å². The Balaban J connectivity index is 1.52. The summed E-state index contributed by atoms with van der Waals surface area (Å²) in [5.41, 5.74) is 13.0. The topological polar surface area (TPSA) is 21.9 Å². The van der Waals surface area contributed by atoms with Crippen LogP contribution in [-0.2, 0) is 7.05 Å². The van der Waals surface area contributed by atoms with Crippen molar-refractivity contribution in [1.82, 2.24) is 4.57 Å². The van der Waals surface area contributed by atoms with Gasteiger partial charge in [-0.05, 0) is 80.3 Å². The largest absolute Gasteiger partial charge is 0.449 e. The summed E-state index contributed by atoms with van der Waals surface area (Å²) in [6.07, 6.45) is 2.15. The number of nitrogens with zero attached hydrogens (tertiary/aromatic N) is 2. The molecule has 0 unspecified atom stereocenters. The van der Waals surface area contributed by atoms with Crippen LogP contribution in [-0.4, -0.2) is 4.57 Å². The van der Waals surface area contributed by atoms with Crippen molar-refractivity contribution in [2.45, 2.75) is 27.7 Å². The van der Waals surface area contributed by atoms with E-state index in [4.69, 9.17) is 4.42 Å². The van der Waals surface area contributed by atoms with Gasteiger partial charge in [0.1, 0.15) is 12.6 Å². The molecule has 0 bridgehead atoms. The number of benzene rings is 4. The van der Waals surface area contributed by atoms with Gasteiger partial charge >= 0.3 is 0 Å². The Morgan fingerprint density at radius 1 is 0.649 bits per heavy atom. The number of aryl methyl sites for hydroxylation is 2. The molecule has 0 aliphatic rings. The van der Waals surface area contributed by atoms with Crippen molar-refractivity contribution in [3.63, 3.8) is 0 Å². The molecule has 7 aromatic rings. The fraction of sp³-hybridized carbons (Fsp3) is 0.147. The molecule has 0 atom stereocenters. The number of pyridine rings is 1. The first-order chi connectivity index (χ1) is 17.9. The fourth-order valence-corrected chi connectivity index (χ4v) is 5.98. The monoisotopic (exact) mass is 481 g/mol. The zero-order chi connectivity index (χ0) is 25.4. The summed E-state index contributed by atoms with van der Waals surface area (Å²) in [7, 11) is 2.11. The van der Waals surface area contributed by atoms with Crippen molar-refractivity contribution in [3.8, 4) is 16.9 Å². The lowest BCUT2D eigenvalue weighted by Gasteiger charge is -2.13. The van der Waals surface area contributed by atoms with Crippen molar-refractivity contribution in [3.05, 3.63) is 107 Å². The molecular weight excluding hydrogens is 452 g/mol. The summed E-state index contributed by atoms with van der Waals surface area (Å²) < 4.78 is 11.2. The van der Waals surface area contributed by atoms with Gasteiger partial charge in [0.25, 0.3) is 5.69 Å². The molecule has 0 amide bonds. The van der Waals surface area contributed by atoms with Crippen molar-refractivity contribution in [2.24, 2.45) is 7.05 Å². The van der Waals surface area contributed by atoms with E-state index in [1.165, 1.54) is 49.6 Å². The van der Waals surface area contributed by atoms with E-state index < -0.39 is 0 Å². The second kappa shape index (κ2) is 7.81. The van der Waals surface area contributed by atoms with Gasteiger partial charge < -0.3 is 8.98 Å². The van der Waals surface area contributed by atoms with Gasteiger partial charge in [0.05, 0.1) is 16.6 Å². The lowest BCUT2D eigenvalue weighted by atomic mass is 9.92. The Morgan fingerprint density at radius 2 is 1.32 bits per heavy atom. The quantitative estimate of drug-likeness (QED) is 0.227. The Bertz CT molecular complexity index is 1980. The van der Waals surface area contributed by atoms with E-state index in [1.807, 2.05) is 0 Å². The van der Waals surface area contributed by atoms with Crippen molar-refractivity contribution in [1.29, 1.82) is 0 Å². The van der Waals surface area contributed by atoms with Crippen LogP contribution in [0.5, 0.6) is 0 Å². The Labute approximate surface area is 216 Å². The van der Waals surface area contributed by atoms with Crippen LogP contribution in [0.15, 0.2) is 89.5 Å². The second-order valence-electron chi connectivity index (χ2n) is 10.3. The van der Waals surface area contributed by atoms with Gasteiger partial charge in [-0.1, -0.05) is 36.4 Å². The second-order valence-corrected chi connectivity index (χ2v) is 10.3. The van der Waals surface area contributed by atoms with Crippen LogP contribution >= 0.6 is 0 Å². The van der Waals surface area contributed by atoms with E-state index >= 15 is 0 Å². The predicted molar refractivity (Wildman–Crippen MR) is 154 cm³/mol. The Kier molecular flexibility index (Phi) is 4.62. The van der Waals surface area contributed by atoms with Gasteiger partial charge in [-0.2, -0.15) is 4.57 Å². The van der Waals surface area contributed by atoms with E-state index in [9.17, 15) is 0 Å². The van der Waals surface area contributed by atoms with Gasteiger partial charge in [-0.25, -0.2) is 0 Å². The zero-order valence-corrected chi connectivity index (χ0v) is 21.9. The van der Waals surface area contributed by atoms with Crippen LogP contribution in [0.4, 0.5) is 0 Å². The van der Waals surface area contributed by atoms with Gasteiger partial charge in [-0.3, -0.25) is 0 Å². The predicted octanol–water partition coefficient (Wildman–Crippen LogP) is 8.41. The van der Waals surface area contributed by atoms with Crippen molar-refractivity contribution in [2.75, 3.05) is 0 Å². The smallest absolute Gasteiger partial charge is 0.256 e. The number of hydrogen-bond acceptors (Lipinski definition) is 1. The third kappa shape index (κ3) is 3.04. The molecule has 0 aliphatic carbocycles. The molecular formula is C34H29N2O+. The van der Waals surface area contributed by atoms with Crippen LogP contribution in [0.25, 0.3) is 60.7 Å². The molecule has 0 N–H and O–H groups in total. The van der Waals surface area contributed by atoms with E-state index in [1.54, 1.807) is 0 Å². The fourth-order valence-electron chi connectivity index (χ4n) is 5.98. The molecule has 3 nitrogen and oxygen atoms in total. The number of hydrogen-bond donors (Lipinski definition) is 0. The van der Waals surface area contributed by atoms with Gasteiger partial charge in [0, 0.05) is 39.4 Å². The number of aromatic nitrogens is 2. The first-order valence-electron chi connectivity index (χ1n) is 12.9. The Morgan fingerprint density at radius 3 is 2.03 bits per heavy atom. The molecule has 0 radical (unpaired) electrons. The van der Waals surface area contributed by atoms with Crippen LogP contribution in [0.2, 0.25) is 0 Å². The highest BCUT2D eigenvalue weighted by atomic mass is 16.3. The summed E-state index contributed by atoms with van der Waals surface area (Å²) >= 11 is 0. The third-order valence-corrected chi connectivity index (χ3v) is 8.32. The maximum absolute atomic E-state index is 6.71. The zero-order valence-electron chi connectivity index (χ0n) is 21.9. The van der Waals surface area contributed by atoms with Gasteiger partial charge in [0.2, 0.25) is 5.58 Å². The minimum Gasteiger partial charge on any atom is -0.449 e. The summed E-state index contributed by atoms with van der Waals surface area (Å²) in [5.74, 6) is 0. The maximum atomic E-state index is 6.71. The lowest BCUT2D eigenvalue weighted by molar-refractivity contribution is -0.659. The molecule has 37 heavy (non-hydrogen) atoms. The average molecular weight is 482 g/mol. The molecule has 3 aromatic heterocycles. The van der Waals surface area contributed by atoms with Crippen LogP contribution < -0.4 is 4.57 Å². The summed E-state index contributed by atoms with van der Waals surface area (Å²) in [6, 6.07) is 28.3. The molecule has 0 fully saturated rings. The van der Waals surface area contributed by atoms with Gasteiger partial charge in [0.15, 0.2) is 6.20 Å². The number of fused-ring (bicyclic) bond motifs is 6. The van der Waals surface area contributed by atoms with E-state index in [2.05, 4.69) is 129 Å². The molecule has 0 saturated carbocycles. The van der Waals surface area contributed by atoms with Crippen LogP contribution in [0.3, 0.4) is 0 Å². The molecule has 180 valence electrons. The minimum atomic E-state index is 0.903. The molecule has 0 saturated heterocycles. The molecule has 7 rings (SSSR count). The highest BCUT2D eigenvalue weighted by Gasteiger charge is 2.24. The molecule has 3 heteroatoms. The molecule has 3 heterocycles. The normalized spacial score (nSPS) is 11.9. The summed E-state index contributed by atoms with van der Waals surface area (Å²) in [5, 5.41) is 4.81. The molecule has 0 spiro atoms. The van der Waals surface area contributed by atoms with Crippen LogP contribution in [0.1, 0.15) is 22.3 Å². The summed E-state index contributed by atoms with van der Waals surface area (Å²) in [6.45, 7) is 8.85. The summed E-state index contributed by atoms with van der Waals surface area (Å²) in [4.78, 5) is 0. The number of rotatable bonds is 2. The lowest BCUT2D eigenvalue weighted by Crippen LogP contribution is -2.30. The highest BCUT2D eigenvalue weighted by Crippen LogP contribution is 2.38. The van der Waals surface area contributed by atoms with E-state index in [0.717, 1.165) is 33.3 Å². The number of para-hydroxylation sites is 2. The minimum absolute atomic E-state index is 0.903. The van der Waals surface area contributed by atoms with Crippen molar-refractivity contribution >= 4 is 43.7 Å². The molecule has 0 aliphatic heterocycles. The first-order valence-corrected chi connectivity index (χ1v) is 12.9. The van der Waals surface area contributed by atoms with Crippen molar-refractivity contribution < 1.29 is 8.98 Å². The third-order valence-electron chi connectivity index (χ3n) is 8.32. The molecule has 4 aromatic carbocycles. The Hall–Kier alpha value is -4.37. The first kappa shape index (κ1) is 21.9. The van der Waals surface area contributed by atoms with E-state index in [-0.39, 0.29) is 0 Å². The standard InChI is InChI=1S/C34H29N2O/c1-20-18-29(23(4)22(3)21(20)2)33-34-28(16-17-35(33)5)27-15-14-24(19-32(27)37-34)36-30-12-8-6-10-25(30)26-11-7-9-13-31(26)36/h6-19H,1-5H3/q+1. The average Bonchev–Trinajstić information content (AvgIpc) is 3.45.